The summed E-state index contributed by atoms with van der Waals surface area (Å²) >= 11 is 11.8. The van der Waals surface area contributed by atoms with Gasteiger partial charge in [-0.05, 0) is 39.0 Å². The summed E-state index contributed by atoms with van der Waals surface area (Å²) < 4.78 is 39.2. The van der Waals surface area contributed by atoms with E-state index in [0.717, 1.165) is 6.07 Å². The van der Waals surface area contributed by atoms with Gasteiger partial charge in [-0.15, -0.1) is 0 Å². The van der Waals surface area contributed by atoms with Gasteiger partial charge in [-0.1, -0.05) is 23.2 Å². The maximum Gasteiger partial charge on any atom is 0.433 e. The molecule has 2 aromatic rings. The average Bonchev–Trinajstić information content (AvgIpc) is 2.39. The number of hydrogen-bond donors (Lipinski definition) is 2. The molecule has 1 heterocycles. The standard InChI is InChI=1S/C15H15Cl2F3N4/c1-14(2,3)24-13-22-11(15(18,19)20)7-12(23-13)21-10-5-4-8(16)6-9(10)17/h4-7H,1-3H3,(H2,21,22,23,24). The summed E-state index contributed by atoms with van der Waals surface area (Å²) in [5.41, 5.74) is -1.18. The molecule has 0 radical (unpaired) electrons. The van der Waals surface area contributed by atoms with Crippen LogP contribution in [0.1, 0.15) is 26.5 Å². The molecule has 0 aliphatic rings. The van der Waals surface area contributed by atoms with Crippen LogP contribution in [-0.4, -0.2) is 15.5 Å². The van der Waals surface area contributed by atoms with Gasteiger partial charge in [0, 0.05) is 16.6 Å². The van der Waals surface area contributed by atoms with Gasteiger partial charge in [0.05, 0.1) is 10.7 Å². The fraction of sp³-hybridized carbons (Fsp3) is 0.333. The molecule has 0 unspecified atom stereocenters. The Bertz CT molecular complexity index is 742. The van der Waals surface area contributed by atoms with Gasteiger partial charge < -0.3 is 10.6 Å². The molecule has 2 rings (SSSR count). The second-order valence-corrected chi connectivity index (χ2v) is 6.93. The van der Waals surface area contributed by atoms with Crippen LogP contribution in [0, 0.1) is 0 Å². The van der Waals surface area contributed by atoms with Gasteiger partial charge in [0.1, 0.15) is 5.82 Å². The number of anilines is 3. The van der Waals surface area contributed by atoms with E-state index >= 15 is 0 Å². The van der Waals surface area contributed by atoms with E-state index in [2.05, 4.69) is 20.6 Å². The summed E-state index contributed by atoms with van der Waals surface area (Å²) in [5.74, 6) is -0.168. The largest absolute Gasteiger partial charge is 0.433 e. The Balaban J connectivity index is 2.42. The first-order valence-electron chi connectivity index (χ1n) is 6.90. The zero-order valence-electron chi connectivity index (χ0n) is 13.1. The first-order valence-corrected chi connectivity index (χ1v) is 7.66. The van der Waals surface area contributed by atoms with E-state index in [-0.39, 0.29) is 16.8 Å². The molecule has 2 N–H and O–H groups in total. The van der Waals surface area contributed by atoms with E-state index in [4.69, 9.17) is 23.2 Å². The Morgan fingerprint density at radius 2 is 1.67 bits per heavy atom. The Labute approximate surface area is 147 Å². The molecule has 0 atom stereocenters. The van der Waals surface area contributed by atoms with Crippen molar-refractivity contribution < 1.29 is 13.2 Å². The van der Waals surface area contributed by atoms with Gasteiger partial charge in [0.15, 0.2) is 5.69 Å². The van der Waals surface area contributed by atoms with Crippen molar-refractivity contribution in [3.63, 3.8) is 0 Å². The molecule has 0 fully saturated rings. The maximum atomic E-state index is 13.1. The molecule has 0 spiro atoms. The highest BCUT2D eigenvalue weighted by Crippen LogP contribution is 2.32. The second kappa shape index (κ2) is 6.64. The number of benzene rings is 1. The number of hydrogen-bond acceptors (Lipinski definition) is 4. The van der Waals surface area contributed by atoms with Crippen molar-refractivity contribution in [2.24, 2.45) is 0 Å². The Hall–Kier alpha value is -1.73. The highest BCUT2D eigenvalue weighted by Gasteiger charge is 2.34. The predicted octanol–water partition coefficient (Wildman–Crippen LogP) is 5.76. The highest BCUT2D eigenvalue weighted by molar-refractivity contribution is 6.36. The van der Waals surface area contributed by atoms with Crippen LogP contribution in [0.2, 0.25) is 10.0 Å². The zero-order chi connectivity index (χ0) is 18.1. The van der Waals surface area contributed by atoms with Crippen LogP contribution in [-0.2, 0) is 6.18 Å². The highest BCUT2D eigenvalue weighted by atomic mass is 35.5. The van der Waals surface area contributed by atoms with Crippen molar-refractivity contribution in [1.29, 1.82) is 0 Å². The minimum Gasteiger partial charge on any atom is -0.350 e. The van der Waals surface area contributed by atoms with Gasteiger partial charge in [0.2, 0.25) is 5.95 Å². The van der Waals surface area contributed by atoms with E-state index in [1.165, 1.54) is 6.07 Å². The predicted molar refractivity (Wildman–Crippen MR) is 90.2 cm³/mol. The van der Waals surface area contributed by atoms with Crippen molar-refractivity contribution in [3.05, 3.63) is 40.0 Å². The third-order valence-electron chi connectivity index (χ3n) is 2.70. The van der Waals surface area contributed by atoms with Gasteiger partial charge in [0.25, 0.3) is 0 Å². The normalized spacial score (nSPS) is 12.2. The number of halogens is 5. The lowest BCUT2D eigenvalue weighted by Crippen LogP contribution is -2.28. The molecule has 0 saturated carbocycles. The Kier molecular flexibility index (Phi) is 5.15. The molecule has 0 saturated heterocycles. The molecule has 0 amide bonds. The van der Waals surface area contributed by atoms with Crippen LogP contribution in [0.4, 0.5) is 30.6 Å². The molecule has 0 aliphatic carbocycles. The molecule has 1 aromatic carbocycles. The lowest BCUT2D eigenvalue weighted by Gasteiger charge is -2.21. The fourth-order valence-corrected chi connectivity index (χ4v) is 2.23. The van der Waals surface area contributed by atoms with Crippen molar-refractivity contribution in [2.45, 2.75) is 32.5 Å². The molecular weight excluding hydrogens is 364 g/mol. The minimum absolute atomic E-state index is 0.0340. The van der Waals surface area contributed by atoms with Crippen LogP contribution in [0.5, 0.6) is 0 Å². The van der Waals surface area contributed by atoms with Gasteiger partial charge in [-0.2, -0.15) is 18.2 Å². The summed E-state index contributed by atoms with van der Waals surface area (Å²) in [7, 11) is 0. The zero-order valence-corrected chi connectivity index (χ0v) is 14.6. The monoisotopic (exact) mass is 378 g/mol. The molecule has 130 valence electrons. The van der Waals surface area contributed by atoms with Gasteiger partial charge >= 0.3 is 6.18 Å². The van der Waals surface area contributed by atoms with E-state index in [0.29, 0.717) is 10.7 Å². The molecule has 24 heavy (non-hydrogen) atoms. The second-order valence-electron chi connectivity index (χ2n) is 6.08. The SMILES string of the molecule is CC(C)(C)Nc1nc(Nc2ccc(Cl)cc2Cl)cc(C(F)(F)F)n1. The Morgan fingerprint density at radius 1 is 1.00 bits per heavy atom. The average molecular weight is 379 g/mol. The first kappa shape index (κ1) is 18.6. The number of nitrogens with zero attached hydrogens (tertiary/aromatic N) is 2. The van der Waals surface area contributed by atoms with E-state index in [1.54, 1.807) is 32.9 Å². The first-order chi connectivity index (χ1) is 10.9. The lowest BCUT2D eigenvalue weighted by atomic mass is 10.1. The van der Waals surface area contributed by atoms with Crippen LogP contribution in [0.15, 0.2) is 24.3 Å². The van der Waals surface area contributed by atoms with Crippen LogP contribution < -0.4 is 10.6 Å². The third-order valence-corrected chi connectivity index (χ3v) is 3.25. The van der Waals surface area contributed by atoms with Gasteiger partial charge in [-0.3, -0.25) is 0 Å². The maximum absolute atomic E-state index is 13.1. The van der Waals surface area contributed by atoms with Crippen molar-refractivity contribution in [2.75, 3.05) is 10.6 Å². The molecule has 4 nitrogen and oxygen atoms in total. The summed E-state index contributed by atoms with van der Waals surface area (Å²) in [6.45, 7) is 5.37. The van der Waals surface area contributed by atoms with Crippen molar-refractivity contribution in [1.82, 2.24) is 9.97 Å². The topological polar surface area (TPSA) is 49.8 Å². The van der Waals surface area contributed by atoms with Crippen LogP contribution in [0.25, 0.3) is 0 Å². The smallest absolute Gasteiger partial charge is 0.350 e. The minimum atomic E-state index is -4.60. The van der Waals surface area contributed by atoms with Crippen LogP contribution in [0.3, 0.4) is 0 Å². The van der Waals surface area contributed by atoms with E-state index < -0.39 is 17.4 Å². The molecular formula is C15H15Cl2F3N4. The summed E-state index contributed by atoms with van der Waals surface area (Å²) in [6.07, 6.45) is -4.60. The molecule has 9 heteroatoms. The number of nitrogens with one attached hydrogen (secondary N) is 2. The van der Waals surface area contributed by atoms with Gasteiger partial charge in [-0.25, -0.2) is 4.98 Å². The molecule has 0 bridgehead atoms. The van der Waals surface area contributed by atoms with E-state index in [9.17, 15) is 13.2 Å². The third kappa shape index (κ3) is 5.14. The quantitative estimate of drug-likeness (QED) is 0.712. The lowest BCUT2D eigenvalue weighted by molar-refractivity contribution is -0.141. The number of aromatic nitrogens is 2. The van der Waals surface area contributed by atoms with Crippen molar-refractivity contribution in [3.8, 4) is 0 Å². The summed E-state index contributed by atoms with van der Waals surface area (Å²) in [5, 5.41) is 6.26. The van der Waals surface area contributed by atoms with Crippen molar-refractivity contribution >= 4 is 40.7 Å². The molecule has 1 aromatic heterocycles. The van der Waals surface area contributed by atoms with E-state index in [1.807, 2.05) is 0 Å². The Morgan fingerprint density at radius 3 is 2.21 bits per heavy atom. The molecule has 0 aliphatic heterocycles. The fourth-order valence-electron chi connectivity index (χ4n) is 1.78. The number of alkyl halides is 3. The summed E-state index contributed by atoms with van der Waals surface area (Å²) in [4.78, 5) is 7.59. The number of rotatable bonds is 3. The van der Waals surface area contributed by atoms with Crippen LogP contribution >= 0.6 is 23.2 Å². The summed E-state index contributed by atoms with van der Waals surface area (Å²) in [6, 6.07) is 5.41.